The van der Waals surface area contributed by atoms with Crippen LogP contribution in [0.3, 0.4) is 0 Å². The van der Waals surface area contributed by atoms with Crippen LogP contribution >= 0.6 is 23.2 Å². The van der Waals surface area contributed by atoms with Crippen LogP contribution in [0.1, 0.15) is 56.3 Å². The monoisotopic (exact) mass is 668 g/mol. The van der Waals surface area contributed by atoms with Crippen molar-refractivity contribution < 1.29 is 27.4 Å². The number of nitrogens with zero attached hydrogens (tertiary/aromatic N) is 1. The second-order valence-corrected chi connectivity index (χ2v) is 14.0. The SMILES string of the molecule is CCNC(=O)NCCOCCOCCNS(=O)(=O)c1ccc(O[C@H]2c3cc(Cl)cc(Cl)c3C[C@@H]2N2C3CCCC2CC3)cc1. The molecule has 5 rings (SSSR count). The number of hydrogen-bond donors (Lipinski definition) is 3. The van der Waals surface area contributed by atoms with Gasteiger partial charge in [0.25, 0.3) is 0 Å². The summed E-state index contributed by atoms with van der Waals surface area (Å²) in [4.78, 5) is 14.1. The van der Waals surface area contributed by atoms with Crippen molar-refractivity contribution >= 4 is 39.3 Å². The van der Waals surface area contributed by atoms with E-state index >= 15 is 0 Å². The minimum absolute atomic E-state index is 0.125. The van der Waals surface area contributed by atoms with Gasteiger partial charge in [0.1, 0.15) is 11.9 Å². The Bertz CT molecular complexity index is 1360. The van der Waals surface area contributed by atoms with E-state index in [0.717, 1.165) is 17.5 Å². The fourth-order valence-electron chi connectivity index (χ4n) is 6.68. The third-order valence-electron chi connectivity index (χ3n) is 8.57. The van der Waals surface area contributed by atoms with Crippen molar-refractivity contribution in [2.45, 2.75) is 74.6 Å². The highest BCUT2D eigenvalue weighted by Gasteiger charge is 2.47. The number of benzene rings is 2. The van der Waals surface area contributed by atoms with E-state index in [1.54, 1.807) is 30.3 Å². The number of piperidine rings is 1. The number of carbonyl (C=O) groups excluding carboxylic acids is 1. The summed E-state index contributed by atoms with van der Waals surface area (Å²) in [5, 5.41) is 6.55. The van der Waals surface area contributed by atoms with Crippen LogP contribution in [-0.4, -0.2) is 83.5 Å². The molecule has 2 heterocycles. The number of nitrogens with one attached hydrogen (secondary N) is 3. The number of fused-ring (bicyclic) bond motifs is 3. The molecule has 2 aliphatic heterocycles. The summed E-state index contributed by atoms with van der Waals surface area (Å²) in [6.45, 7) is 4.15. The number of rotatable bonds is 15. The van der Waals surface area contributed by atoms with Crippen molar-refractivity contribution in [2.24, 2.45) is 0 Å². The predicted octanol–water partition coefficient (Wildman–Crippen LogP) is 4.69. The molecule has 44 heavy (non-hydrogen) atoms. The van der Waals surface area contributed by atoms with Crippen molar-refractivity contribution in [2.75, 3.05) is 46.1 Å². The minimum Gasteiger partial charge on any atom is -0.484 e. The molecule has 0 radical (unpaired) electrons. The zero-order valence-electron chi connectivity index (χ0n) is 25.0. The molecule has 2 unspecified atom stereocenters. The third kappa shape index (κ3) is 8.17. The Balaban J connectivity index is 1.12. The van der Waals surface area contributed by atoms with Crippen LogP contribution < -0.4 is 20.1 Å². The van der Waals surface area contributed by atoms with Gasteiger partial charge in [-0.25, -0.2) is 17.9 Å². The van der Waals surface area contributed by atoms with Gasteiger partial charge in [-0.1, -0.05) is 29.6 Å². The zero-order valence-corrected chi connectivity index (χ0v) is 27.4. The van der Waals surface area contributed by atoms with Gasteiger partial charge in [-0.3, -0.25) is 4.90 Å². The Kier molecular flexibility index (Phi) is 11.7. The first kappa shape index (κ1) is 33.2. The van der Waals surface area contributed by atoms with Crippen LogP contribution in [0.2, 0.25) is 10.0 Å². The summed E-state index contributed by atoms with van der Waals surface area (Å²) < 4.78 is 45.8. The van der Waals surface area contributed by atoms with Gasteiger partial charge in [0.05, 0.1) is 37.4 Å². The van der Waals surface area contributed by atoms with Crippen LogP contribution in [-0.2, 0) is 25.9 Å². The summed E-state index contributed by atoms with van der Waals surface area (Å²) in [5.74, 6) is 0.594. The number of halogens is 2. The number of ether oxygens (including phenoxy) is 3. The Morgan fingerprint density at radius 1 is 0.932 bits per heavy atom. The zero-order chi connectivity index (χ0) is 31.1. The number of urea groups is 1. The smallest absolute Gasteiger partial charge is 0.314 e. The quantitative estimate of drug-likeness (QED) is 0.236. The molecule has 2 fully saturated rings. The standard InChI is InChI=1S/C31H42Cl2N4O6S/c1-2-34-31(38)35-12-14-41-16-17-42-15-13-36-44(39,40)25-10-8-24(9-11-25)43-30-27-18-21(32)19-28(33)26(27)20-29(30)37-22-4-3-5-23(37)7-6-22/h8-11,18-19,22-23,29-30,36H,2-7,12-17,20H2,1H3,(H2,34,35,38)/t22?,23?,29-,30-/m0/s1. The maximum Gasteiger partial charge on any atom is 0.314 e. The maximum atomic E-state index is 12.9. The number of hydrogen-bond acceptors (Lipinski definition) is 7. The molecule has 0 saturated carbocycles. The first-order valence-corrected chi connectivity index (χ1v) is 17.7. The van der Waals surface area contributed by atoms with Crippen LogP contribution in [0.25, 0.3) is 0 Å². The normalized spacial score (nSPS) is 23.0. The van der Waals surface area contributed by atoms with E-state index in [1.165, 1.54) is 32.1 Å². The highest BCUT2D eigenvalue weighted by Crippen LogP contribution is 2.47. The number of carbonyl (C=O) groups is 1. The summed E-state index contributed by atoms with van der Waals surface area (Å²) in [5.41, 5.74) is 2.10. The average Bonchev–Trinajstić information content (AvgIpc) is 3.46. The van der Waals surface area contributed by atoms with E-state index in [2.05, 4.69) is 20.3 Å². The molecular formula is C31H42Cl2N4O6S. The molecular weight excluding hydrogens is 627 g/mol. The molecule has 3 aliphatic rings. The fraction of sp³-hybridized carbons (Fsp3) is 0.581. The average molecular weight is 670 g/mol. The molecule has 2 aromatic carbocycles. The first-order valence-electron chi connectivity index (χ1n) is 15.5. The molecule has 0 spiro atoms. The van der Waals surface area contributed by atoms with E-state index < -0.39 is 10.0 Å². The fourth-order valence-corrected chi connectivity index (χ4v) is 8.28. The lowest BCUT2D eigenvalue weighted by Crippen LogP contribution is -2.49. The molecule has 4 atom stereocenters. The van der Waals surface area contributed by atoms with Gasteiger partial charge in [0, 0.05) is 47.3 Å². The molecule has 10 nitrogen and oxygen atoms in total. The van der Waals surface area contributed by atoms with Gasteiger partial charge in [-0.15, -0.1) is 0 Å². The Labute approximate surface area is 270 Å². The minimum atomic E-state index is -3.72. The van der Waals surface area contributed by atoms with Crippen molar-refractivity contribution in [1.29, 1.82) is 0 Å². The highest BCUT2D eigenvalue weighted by atomic mass is 35.5. The van der Waals surface area contributed by atoms with E-state index in [4.69, 9.17) is 37.4 Å². The lowest BCUT2D eigenvalue weighted by atomic mass is 9.98. The lowest BCUT2D eigenvalue weighted by Gasteiger charge is -2.41. The van der Waals surface area contributed by atoms with E-state index in [-0.39, 0.29) is 36.2 Å². The van der Waals surface area contributed by atoms with Crippen molar-refractivity contribution in [3.8, 4) is 5.75 Å². The van der Waals surface area contributed by atoms with Crippen molar-refractivity contribution in [1.82, 2.24) is 20.3 Å². The first-order chi connectivity index (χ1) is 21.3. The number of amides is 2. The summed E-state index contributed by atoms with van der Waals surface area (Å²) in [6, 6.07) is 11.3. The van der Waals surface area contributed by atoms with Gasteiger partial charge >= 0.3 is 6.03 Å². The van der Waals surface area contributed by atoms with Gasteiger partial charge < -0.3 is 24.8 Å². The molecule has 2 saturated heterocycles. The van der Waals surface area contributed by atoms with Gasteiger partial charge in [0.2, 0.25) is 10.0 Å². The van der Waals surface area contributed by atoms with E-state index in [1.807, 2.05) is 13.0 Å². The molecule has 3 N–H and O–H groups in total. The molecule has 0 aromatic heterocycles. The molecule has 2 aromatic rings. The van der Waals surface area contributed by atoms with Crippen molar-refractivity contribution in [3.05, 3.63) is 57.6 Å². The predicted molar refractivity (Wildman–Crippen MR) is 170 cm³/mol. The highest BCUT2D eigenvalue weighted by molar-refractivity contribution is 7.89. The van der Waals surface area contributed by atoms with Gasteiger partial charge in [-0.05, 0) is 81.0 Å². The topological polar surface area (TPSA) is 118 Å². The van der Waals surface area contributed by atoms with Crippen LogP contribution in [0.5, 0.6) is 5.75 Å². The Morgan fingerprint density at radius 3 is 2.30 bits per heavy atom. The lowest BCUT2D eigenvalue weighted by molar-refractivity contribution is 0.0225. The van der Waals surface area contributed by atoms with E-state index in [9.17, 15) is 13.2 Å². The van der Waals surface area contributed by atoms with Crippen LogP contribution in [0, 0.1) is 0 Å². The second-order valence-electron chi connectivity index (χ2n) is 11.4. The maximum absolute atomic E-state index is 12.9. The van der Waals surface area contributed by atoms with Crippen LogP contribution in [0.4, 0.5) is 4.79 Å². The second kappa shape index (κ2) is 15.4. The largest absolute Gasteiger partial charge is 0.484 e. The molecule has 13 heteroatoms. The summed E-state index contributed by atoms with van der Waals surface area (Å²) in [7, 11) is -3.72. The van der Waals surface area contributed by atoms with Gasteiger partial charge in [0.15, 0.2) is 0 Å². The number of sulfonamides is 1. The summed E-state index contributed by atoms with van der Waals surface area (Å²) >= 11 is 13.1. The Morgan fingerprint density at radius 2 is 1.61 bits per heavy atom. The van der Waals surface area contributed by atoms with E-state index in [0.29, 0.717) is 60.8 Å². The Hall–Kier alpha value is -2.12. The summed E-state index contributed by atoms with van der Waals surface area (Å²) in [6.07, 6.45) is 6.68. The molecule has 242 valence electrons. The van der Waals surface area contributed by atoms with Crippen molar-refractivity contribution in [3.63, 3.8) is 0 Å². The van der Waals surface area contributed by atoms with Crippen LogP contribution in [0.15, 0.2) is 41.3 Å². The molecule has 2 amide bonds. The third-order valence-corrected chi connectivity index (χ3v) is 10.6. The molecule has 2 bridgehead atoms. The van der Waals surface area contributed by atoms with Gasteiger partial charge in [-0.2, -0.15) is 0 Å². The molecule has 1 aliphatic carbocycles.